The Balaban J connectivity index is 0.000000366. The molecule has 0 spiro atoms. The lowest BCUT2D eigenvalue weighted by molar-refractivity contribution is -0.140. The monoisotopic (exact) mass is 258 g/mol. The van der Waals surface area contributed by atoms with E-state index in [0.717, 1.165) is 0 Å². The Labute approximate surface area is 105 Å². The maximum absolute atomic E-state index is 10.6. The molecular formula is C12H15ClO4. The maximum atomic E-state index is 10.6. The van der Waals surface area contributed by atoms with E-state index in [2.05, 4.69) is 4.74 Å². The smallest absolute Gasteiger partial charge is 0.302 e. The highest BCUT2D eigenvalue weighted by atomic mass is 35.5. The molecule has 0 radical (unpaired) electrons. The second-order valence-corrected chi connectivity index (χ2v) is 3.27. The topological polar surface area (TPSA) is 52.6 Å². The minimum Gasteiger partial charge on any atom is -0.497 e. The molecule has 1 aromatic rings. The van der Waals surface area contributed by atoms with Crippen molar-refractivity contribution < 1.29 is 19.1 Å². The Morgan fingerprint density at radius 2 is 1.76 bits per heavy atom. The van der Waals surface area contributed by atoms with E-state index in [0.29, 0.717) is 17.9 Å². The second kappa shape index (κ2) is 8.58. The molecule has 0 atom stereocenters. The van der Waals surface area contributed by atoms with Crippen LogP contribution in [0, 0.1) is 0 Å². The zero-order valence-electron chi connectivity index (χ0n) is 10.0. The first kappa shape index (κ1) is 15.4. The number of methoxy groups -OCH3 is 1. The lowest BCUT2D eigenvalue weighted by Gasteiger charge is -1.98. The van der Waals surface area contributed by atoms with Gasteiger partial charge in [0, 0.05) is 12.5 Å². The number of carbonyl (C=O) groups is 2. The van der Waals surface area contributed by atoms with E-state index in [1.54, 1.807) is 38.3 Å². The van der Waals surface area contributed by atoms with Gasteiger partial charge in [-0.25, -0.2) is 0 Å². The third-order valence-corrected chi connectivity index (χ3v) is 1.88. The molecule has 0 aliphatic carbocycles. The molecule has 4 nitrogen and oxygen atoms in total. The second-order valence-electron chi connectivity index (χ2n) is 2.93. The third kappa shape index (κ3) is 7.36. The Bertz CT molecular complexity index is 359. The Hall–Kier alpha value is -1.55. The van der Waals surface area contributed by atoms with Gasteiger partial charge in [0.15, 0.2) is 0 Å². The zero-order valence-corrected chi connectivity index (χ0v) is 10.8. The highest BCUT2D eigenvalue weighted by molar-refractivity contribution is 6.67. The molecule has 0 fully saturated rings. The quantitative estimate of drug-likeness (QED) is 0.618. The molecule has 0 bridgehead atoms. The fraction of sp³-hybridized carbons (Fsp3) is 0.333. The van der Waals surface area contributed by atoms with E-state index in [4.69, 9.17) is 16.3 Å². The van der Waals surface area contributed by atoms with Crippen LogP contribution in [0.25, 0.3) is 0 Å². The molecule has 0 N–H and O–H groups in total. The van der Waals surface area contributed by atoms with Gasteiger partial charge in [-0.3, -0.25) is 9.59 Å². The van der Waals surface area contributed by atoms with Crippen molar-refractivity contribution in [3.05, 3.63) is 29.8 Å². The first-order valence-electron chi connectivity index (χ1n) is 4.98. The minimum atomic E-state index is -0.451. The van der Waals surface area contributed by atoms with Crippen LogP contribution in [0.4, 0.5) is 0 Å². The molecule has 17 heavy (non-hydrogen) atoms. The van der Waals surface area contributed by atoms with Crippen LogP contribution in [-0.2, 0) is 9.53 Å². The van der Waals surface area contributed by atoms with E-state index in [-0.39, 0.29) is 5.97 Å². The van der Waals surface area contributed by atoms with Crippen molar-refractivity contribution in [1.29, 1.82) is 0 Å². The fourth-order valence-corrected chi connectivity index (χ4v) is 1.05. The number of carbonyl (C=O) groups excluding carboxylic acids is 2. The van der Waals surface area contributed by atoms with Crippen LogP contribution in [0.2, 0.25) is 0 Å². The largest absolute Gasteiger partial charge is 0.497 e. The number of hydrogen-bond acceptors (Lipinski definition) is 4. The van der Waals surface area contributed by atoms with Crippen LogP contribution < -0.4 is 4.74 Å². The van der Waals surface area contributed by atoms with Gasteiger partial charge in [-0.05, 0) is 42.8 Å². The average Bonchev–Trinajstić information content (AvgIpc) is 2.29. The van der Waals surface area contributed by atoms with Gasteiger partial charge in [0.1, 0.15) is 5.75 Å². The van der Waals surface area contributed by atoms with Gasteiger partial charge < -0.3 is 9.47 Å². The molecule has 0 aliphatic heterocycles. The summed E-state index contributed by atoms with van der Waals surface area (Å²) in [6.07, 6.45) is 0. The molecule has 0 aliphatic rings. The van der Waals surface area contributed by atoms with E-state index in [1.165, 1.54) is 6.92 Å². The lowest BCUT2D eigenvalue weighted by atomic mass is 10.2. The molecule has 0 heterocycles. The van der Waals surface area contributed by atoms with Crippen molar-refractivity contribution in [3.8, 4) is 5.75 Å². The number of halogens is 1. The highest BCUT2D eigenvalue weighted by Crippen LogP contribution is 2.12. The van der Waals surface area contributed by atoms with Crippen LogP contribution in [0.3, 0.4) is 0 Å². The van der Waals surface area contributed by atoms with Crippen LogP contribution in [0.5, 0.6) is 5.75 Å². The van der Waals surface area contributed by atoms with Crippen LogP contribution >= 0.6 is 11.6 Å². The van der Waals surface area contributed by atoms with Crippen molar-refractivity contribution in [1.82, 2.24) is 0 Å². The summed E-state index contributed by atoms with van der Waals surface area (Å²) in [5.74, 6) is 0.504. The summed E-state index contributed by atoms with van der Waals surface area (Å²) in [7, 11) is 1.57. The summed E-state index contributed by atoms with van der Waals surface area (Å²) in [6.45, 7) is 3.65. The standard InChI is InChI=1S/C8H7ClO2.C4H8O2/c1-11-7-4-2-6(3-5-7)8(9)10;1-3-6-4(2)5/h2-5H,1H3;3H2,1-2H3. The van der Waals surface area contributed by atoms with Gasteiger partial charge in [-0.2, -0.15) is 0 Å². The summed E-state index contributed by atoms with van der Waals surface area (Å²) < 4.78 is 9.30. The van der Waals surface area contributed by atoms with Gasteiger partial charge in [-0.1, -0.05) is 0 Å². The van der Waals surface area contributed by atoms with E-state index in [9.17, 15) is 9.59 Å². The SMILES string of the molecule is CCOC(C)=O.COc1ccc(C(=O)Cl)cc1. The summed E-state index contributed by atoms with van der Waals surface area (Å²) in [5, 5.41) is -0.451. The molecule has 0 unspecified atom stereocenters. The lowest BCUT2D eigenvalue weighted by Crippen LogP contribution is -1.95. The first-order valence-corrected chi connectivity index (χ1v) is 5.36. The van der Waals surface area contributed by atoms with Gasteiger partial charge in [-0.15, -0.1) is 0 Å². The average molecular weight is 259 g/mol. The van der Waals surface area contributed by atoms with E-state index < -0.39 is 5.24 Å². The molecule has 0 aromatic heterocycles. The van der Waals surface area contributed by atoms with E-state index >= 15 is 0 Å². The number of rotatable bonds is 3. The summed E-state index contributed by atoms with van der Waals surface area (Å²) in [5.41, 5.74) is 0.479. The van der Waals surface area contributed by atoms with Crippen LogP contribution in [0.15, 0.2) is 24.3 Å². The van der Waals surface area contributed by atoms with Gasteiger partial charge in [0.05, 0.1) is 13.7 Å². The van der Waals surface area contributed by atoms with E-state index in [1.807, 2.05) is 0 Å². The molecule has 5 heteroatoms. The first-order chi connectivity index (χ1) is 8.01. The summed E-state index contributed by atoms with van der Waals surface area (Å²) in [6, 6.07) is 6.62. The molecule has 1 aromatic carbocycles. The predicted octanol–water partition coefficient (Wildman–Crippen LogP) is 2.64. The summed E-state index contributed by atoms with van der Waals surface area (Å²) in [4.78, 5) is 20.4. The van der Waals surface area contributed by atoms with Crippen LogP contribution in [0.1, 0.15) is 24.2 Å². The zero-order chi connectivity index (χ0) is 13.3. The molecule has 1 rings (SSSR count). The molecule has 0 amide bonds. The van der Waals surface area contributed by atoms with Gasteiger partial charge >= 0.3 is 5.97 Å². The molecule has 94 valence electrons. The Kier molecular flexibility index (Phi) is 7.80. The molecular weight excluding hydrogens is 244 g/mol. The maximum Gasteiger partial charge on any atom is 0.302 e. The fourth-order valence-electron chi connectivity index (χ4n) is 0.925. The number of benzene rings is 1. The van der Waals surface area contributed by atoms with Crippen molar-refractivity contribution in [3.63, 3.8) is 0 Å². The molecule has 0 saturated heterocycles. The van der Waals surface area contributed by atoms with Crippen molar-refractivity contribution >= 4 is 22.8 Å². The van der Waals surface area contributed by atoms with Crippen molar-refractivity contribution in [2.75, 3.05) is 13.7 Å². The number of hydrogen-bond donors (Lipinski definition) is 0. The normalized spacial score (nSPS) is 8.71. The van der Waals surface area contributed by atoms with Crippen molar-refractivity contribution in [2.45, 2.75) is 13.8 Å². The Morgan fingerprint density at radius 1 is 1.24 bits per heavy atom. The number of ether oxygens (including phenoxy) is 2. The Morgan fingerprint density at radius 3 is 2.00 bits per heavy atom. The number of esters is 1. The summed E-state index contributed by atoms with van der Waals surface area (Å²) >= 11 is 5.22. The minimum absolute atomic E-state index is 0.211. The van der Waals surface area contributed by atoms with Crippen LogP contribution in [-0.4, -0.2) is 24.9 Å². The van der Waals surface area contributed by atoms with Gasteiger partial charge in [0.25, 0.3) is 5.24 Å². The molecule has 0 saturated carbocycles. The predicted molar refractivity (Wildman–Crippen MR) is 65.5 cm³/mol. The highest BCUT2D eigenvalue weighted by Gasteiger charge is 1.99. The van der Waals surface area contributed by atoms with Crippen molar-refractivity contribution in [2.24, 2.45) is 0 Å². The third-order valence-electron chi connectivity index (χ3n) is 1.66. The van der Waals surface area contributed by atoms with Gasteiger partial charge in [0.2, 0.25) is 0 Å².